The molecule has 0 aromatic carbocycles. The van der Waals surface area contributed by atoms with Gasteiger partial charge in [-0.15, -0.1) is 11.3 Å². The number of amides is 2. The maximum Gasteiger partial charge on any atom is 0.490 e. The maximum absolute atomic E-state index is 12.6. The molecule has 0 aliphatic carbocycles. The normalized spacial score (nSPS) is 17.3. The third kappa shape index (κ3) is 8.80. The Bertz CT molecular complexity index is 759. The van der Waals surface area contributed by atoms with Crippen molar-refractivity contribution in [1.82, 2.24) is 10.6 Å². The summed E-state index contributed by atoms with van der Waals surface area (Å²) in [7, 11) is 0. The van der Waals surface area contributed by atoms with Gasteiger partial charge < -0.3 is 20.5 Å². The Balaban J connectivity index is 0.000000553. The number of carbonyl (C=O) groups excluding carboxylic acids is 3. The monoisotopic (exact) mass is 452 g/mol. The Labute approximate surface area is 174 Å². The van der Waals surface area contributed by atoms with Crippen molar-refractivity contribution < 1.29 is 42.2 Å². The van der Waals surface area contributed by atoms with Crippen molar-refractivity contribution in [3.05, 3.63) is 22.4 Å². The van der Waals surface area contributed by atoms with E-state index >= 15 is 0 Å². The first kappa shape index (κ1) is 25.4. The van der Waals surface area contributed by atoms with E-state index in [-0.39, 0.29) is 24.0 Å². The summed E-state index contributed by atoms with van der Waals surface area (Å²) in [5.74, 6) is -3.28. The zero-order valence-corrected chi connectivity index (χ0v) is 17.4. The number of carboxylic acids is 1. The molecule has 30 heavy (non-hydrogen) atoms. The predicted octanol–water partition coefficient (Wildman–Crippen LogP) is 2.98. The fraction of sp³-hybridized carbons (Fsp3) is 0.556. The van der Waals surface area contributed by atoms with Gasteiger partial charge in [0.05, 0.1) is 10.9 Å². The van der Waals surface area contributed by atoms with E-state index in [2.05, 4.69) is 10.6 Å². The van der Waals surface area contributed by atoms with Gasteiger partial charge in [0.1, 0.15) is 5.60 Å². The highest BCUT2D eigenvalue weighted by Crippen LogP contribution is 2.21. The van der Waals surface area contributed by atoms with Crippen LogP contribution in [0.2, 0.25) is 0 Å². The molecule has 2 amide bonds. The second-order valence-corrected chi connectivity index (χ2v) is 8.30. The number of alkyl halides is 3. The van der Waals surface area contributed by atoms with E-state index in [9.17, 15) is 27.6 Å². The second kappa shape index (κ2) is 10.4. The first-order chi connectivity index (χ1) is 13.7. The van der Waals surface area contributed by atoms with Gasteiger partial charge in [-0.05, 0) is 45.1 Å². The molecule has 1 aromatic rings. The summed E-state index contributed by atoms with van der Waals surface area (Å²) in [6, 6.07) is 2.73. The molecule has 1 saturated heterocycles. The lowest BCUT2D eigenvalue weighted by Gasteiger charge is -2.23. The number of aliphatic carboxylic acids is 1. The fourth-order valence-electron chi connectivity index (χ4n) is 2.43. The summed E-state index contributed by atoms with van der Waals surface area (Å²) in [6.45, 7) is 5.88. The predicted molar refractivity (Wildman–Crippen MR) is 101 cm³/mol. The molecule has 0 saturated carbocycles. The molecular formula is C18H23F3N2O6S. The molecule has 2 rings (SSSR count). The summed E-state index contributed by atoms with van der Waals surface area (Å²) in [4.78, 5) is 45.9. The Kier molecular flexibility index (Phi) is 8.82. The molecule has 8 nitrogen and oxygen atoms in total. The number of nitrogens with one attached hydrogen (secondary N) is 2. The quantitative estimate of drug-likeness (QED) is 0.591. The van der Waals surface area contributed by atoms with Crippen LogP contribution < -0.4 is 10.6 Å². The van der Waals surface area contributed by atoms with Gasteiger partial charge in [0, 0.05) is 12.5 Å². The van der Waals surface area contributed by atoms with Crippen molar-refractivity contribution >= 4 is 35.1 Å². The minimum Gasteiger partial charge on any atom is -0.475 e. The summed E-state index contributed by atoms with van der Waals surface area (Å²) < 4.78 is 37.0. The molecule has 2 atom stereocenters. The van der Waals surface area contributed by atoms with Crippen LogP contribution in [0.1, 0.15) is 43.3 Å². The van der Waals surface area contributed by atoms with E-state index in [0.717, 1.165) is 0 Å². The van der Waals surface area contributed by atoms with Crippen LogP contribution in [0.3, 0.4) is 0 Å². The van der Waals surface area contributed by atoms with Crippen molar-refractivity contribution in [2.75, 3.05) is 6.54 Å². The third-order valence-electron chi connectivity index (χ3n) is 3.70. The van der Waals surface area contributed by atoms with Gasteiger partial charge in [-0.2, -0.15) is 13.2 Å². The Hall–Kier alpha value is -2.63. The molecule has 1 fully saturated rings. The van der Waals surface area contributed by atoms with E-state index in [0.29, 0.717) is 17.8 Å². The van der Waals surface area contributed by atoms with Gasteiger partial charge in [0.2, 0.25) is 5.91 Å². The van der Waals surface area contributed by atoms with E-state index < -0.39 is 29.9 Å². The number of Topliss-reactive ketones (excluding diaryl/α,β-unsaturated/α-hetero) is 1. The standard InChI is InChI=1S/C16H22N2O4S.C2HF3O2/c1-16(2,3)22-15(21)18-11(9-10-6-7-17-14(10)20)13(19)12-5-4-8-23-12;3-2(4,5)1(6)7/h4-5,8,10-11H,6-7,9H2,1-3H3,(H,17,20)(H,18,21);(H,6,7)/t10-,11-;/m0./s1. The largest absolute Gasteiger partial charge is 0.490 e. The topological polar surface area (TPSA) is 122 Å². The van der Waals surface area contributed by atoms with E-state index in [1.54, 1.807) is 38.3 Å². The SMILES string of the molecule is CC(C)(C)OC(=O)N[C@@H](C[C@@H]1CCNC1=O)C(=O)c1cccs1.O=C(O)C(F)(F)F. The number of alkyl carbamates (subject to hydrolysis) is 1. The first-order valence-corrected chi connectivity index (χ1v) is 9.73. The molecule has 0 bridgehead atoms. The summed E-state index contributed by atoms with van der Waals surface area (Å²) in [5, 5.41) is 14.3. The number of hydrogen-bond donors (Lipinski definition) is 3. The van der Waals surface area contributed by atoms with Gasteiger partial charge in [-0.3, -0.25) is 9.59 Å². The summed E-state index contributed by atoms with van der Waals surface area (Å²) in [5.41, 5.74) is -0.647. The van der Waals surface area contributed by atoms with Crippen LogP contribution in [0.5, 0.6) is 0 Å². The molecule has 1 aliphatic rings. The highest BCUT2D eigenvalue weighted by Gasteiger charge is 2.38. The minimum absolute atomic E-state index is 0.0695. The zero-order valence-electron chi connectivity index (χ0n) is 16.5. The second-order valence-electron chi connectivity index (χ2n) is 7.36. The molecule has 168 valence electrons. The fourth-order valence-corrected chi connectivity index (χ4v) is 3.15. The average Bonchev–Trinajstić information content (AvgIpc) is 3.24. The number of rotatable bonds is 5. The van der Waals surface area contributed by atoms with Gasteiger partial charge >= 0.3 is 18.2 Å². The van der Waals surface area contributed by atoms with Crippen LogP contribution >= 0.6 is 11.3 Å². The molecule has 2 heterocycles. The van der Waals surface area contributed by atoms with Crippen LogP contribution in [-0.4, -0.2) is 53.2 Å². The van der Waals surface area contributed by atoms with Crippen molar-refractivity contribution in [3.8, 4) is 0 Å². The highest BCUT2D eigenvalue weighted by molar-refractivity contribution is 7.12. The maximum atomic E-state index is 12.6. The van der Waals surface area contributed by atoms with Gasteiger partial charge in [0.15, 0.2) is 5.78 Å². The van der Waals surface area contributed by atoms with E-state index in [1.165, 1.54) is 11.3 Å². The number of halogens is 3. The van der Waals surface area contributed by atoms with Crippen LogP contribution in [0.15, 0.2) is 17.5 Å². The molecule has 1 aliphatic heterocycles. The van der Waals surface area contributed by atoms with Crippen LogP contribution in [0, 0.1) is 5.92 Å². The number of hydrogen-bond acceptors (Lipinski definition) is 6. The lowest BCUT2D eigenvalue weighted by atomic mass is 9.95. The Morgan fingerprint density at radius 2 is 1.93 bits per heavy atom. The third-order valence-corrected chi connectivity index (χ3v) is 4.58. The smallest absolute Gasteiger partial charge is 0.475 e. The van der Waals surface area contributed by atoms with Gasteiger partial charge in [-0.1, -0.05) is 6.07 Å². The molecule has 0 unspecified atom stereocenters. The zero-order chi connectivity index (χ0) is 23.1. The first-order valence-electron chi connectivity index (χ1n) is 8.85. The van der Waals surface area contributed by atoms with E-state index in [4.69, 9.17) is 14.6 Å². The van der Waals surface area contributed by atoms with Gasteiger partial charge in [0.25, 0.3) is 0 Å². The highest BCUT2D eigenvalue weighted by atomic mass is 32.1. The van der Waals surface area contributed by atoms with Crippen molar-refractivity contribution in [3.63, 3.8) is 0 Å². The minimum atomic E-state index is -5.08. The number of thiophene rings is 1. The Morgan fingerprint density at radius 3 is 2.33 bits per heavy atom. The average molecular weight is 452 g/mol. The number of carbonyl (C=O) groups is 4. The lowest BCUT2D eigenvalue weighted by molar-refractivity contribution is -0.192. The summed E-state index contributed by atoms with van der Waals surface area (Å²) in [6.07, 6.45) is -4.78. The van der Waals surface area contributed by atoms with Crippen molar-refractivity contribution in [1.29, 1.82) is 0 Å². The number of ether oxygens (including phenoxy) is 1. The molecule has 0 radical (unpaired) electrons. The van der Waals surface area contributed by atoms with Crippen molar-refractivity contribution in [2.24, 2.45) is 5.92 Å². The van der Waals surface area contributed by atoms with Crippen LogP contribution in [0.4, 0.5) is 18.0 Å². The van der Waals surface area contributed by atoms with Crippen LogP contribution in [-0.2, 0) is 14.3 Å². The van der Waals surface area contributed by atoms with Crippen LogP contribution in [0.25, 0.3) is 0 Å². The molecular weight excluding hydrogens is 429 g/mol. The number of ketones is 1. The molecule has 1 aromatic heterocycles. The molecule has 0 spiro atoms. The Morgan fingerprint density at radius 1 is 1.33 bits per heavy atom. The summed E-state index contributed by atoms with van der Waals surface area (Å²) >= 11 is 1.32. The lowest BCUT2D eigenvalue weighted by Crippen LogP contribution is -2.45. The van der Waals surface area contributed by atoms with Crippen molar-refractivity contribution in [2.45, 2.75) is 51.4 Å². The number of carboxylic acid groups (broad SMARTS) is 1. The van der Waals surface area contributed by atoms with E-state index in [1.807, 2.05) is 0 Å². The molecule has 3 N–H and O–H groups in total. The molecule has 12 heteroatoms. The van der Waals surface area contributed by atoms with Gasteiger partial charge in [-0.25, -0.2) is 9.59 Å².